The van der Waals surface area contributed by atoms with Crippen LogP contribution in [0.1, 0.15) is 26.3 Å². The number of hydrogen-bond donors (Lipinski definition) is 0. The van der Waals surface area contributed by atoms with Crippen LogP contribution >= 0.6 is 11.6 Å². The molecule has 4 heteroatoms. The minimum absolute atomic E-state index is 0.372. The molecule has 0 saturated heterocycles. The van der Waals surface area contributed by atoms with Gasteiger partial charge in [0.25, 0.3) is 0 Å². The molecule has 16 heavy (non-hydrogen) atoms. The monoisotopic (exact) mass is 237 g/mol. The highest BCUT2D eigenvalue weighted by atomic mass is 35.5. The van der Waals surface area contributed by atoms with Gasteiger partial charge >= 0.3 is 0 Å². The van der Waals surface area contributed by atoms with E-state index in [2.05, 4.69) is 36.7 Å². The van der Waals surface area contributed by atoms with Crippen molar-refractivity contribution in [3.05, 3.63) is 22.8 Å². The van der Waals surface area contributed by atoms with Crippen LogP contribution in [0.3, 0.4) is 0 Å². The summed E-state index contributed by atoms with van der Waals surface area (Å²) in [6.45, 7) is 8.14. The molecular formula is C12H16ClN3. The van der Waals surface area contributed by atoms with E-state index in [4.69, 9.17) is 16.9 Å². The number of rotatable bonds is 4. The van der Waals surface area contributed by atoms with Crippen LogP contribution in [0.15, 0.2) is 12.1 Å². The highest BCUT2D eigenvalue weighted by Crippen LogP contribution is 2.18. The third-order valence-corrected chi connectivity index (χ3v) is 2.39. The zero-order valence-corrected chi connectivity index (χ0v) is 10.6. The summed E-state index contributed by atoms with van der Waals surface area (Å²) < 4.78 is 0. The quantitative estimate of drug-likeness (QED) is 0.756. The van der Waals surface area contributed by atoms with Crippen LogP contribution in [0, 0.1) is 17.2 Å². The Bertz CT molecular complexity index is 396. The third kappa shape index (κ3) is 3.39. The van der Waals surface area contributed by atoms with Gasteiger partial charge in [0.05, 0.1) is 11.6 Å². The summed E-state index contributed by atoms with van der Waals surface area (Å²) in [4.78, 5) is 6.37. The van der Waals surface area contributed by atoms with Gasteiger partial charge in [-0.15, -0.1) is 0 Å². The van der Waals surface area contributed by atoms with Gasteiger partial charge in [-0.3, -0.25) is 0 Å². The second-order valence-electron chi connectivity index (χ2n) is 4.08. The molecule has 0 radical (unpaired) electrons. The molecule has 1 heterocycles. The van der Waals surface area contributed by atoms with Crippen molar-refractivity contribution in [3.8, 4) is 6.07 Å². The van der Waals surface area contributed by atoms with Gasteiger partial charge in [-0.1, -0.05) is 25.4 Å². The van der Waals surface area contributed by atoms with E-state index < -0.39 is 0 Å². The van der Waals surface area contributed by atoms with Crippen LogP contribution in [0.2, 0.25) is 5.15 Å². The summed E-state index contributed by atoms with van der Waals surface area (Å²) in [6.07, 6.45) is 0. The Balaban J connectivity index is 3.01. The van der Waals surface area contributed by atoms with Gasteiger partial charge in [-0.25, -0.2) is 4.98 Å². The van der Waals surface area contributed by atoms with Crippen LogP contribution in [-0.4, -0.2) is 18.1 Å². The van der Waals surface area contributed by atoms with Gasteiger partial charge in [0.1, 0.15) is 11.0 Å². The van der Waals surface area contributed by atoms with Crippen LogP contribution in [0.5, 0.6) is 0 Å². The first kappa shape index (κ1) is 12.8. The second kappa shape index (κ2) is 5.72. The number of nitriles is 1. The van der Waals surface area contributed by atoms with E-state index in [0.717, 1.165) is 18.9 Å². The predicted octanol–water partition coefficient (Wildman–Crippen LogP) is 3.09. The smallest absolute Gasteiger partial charge is 0.132 e. The maximum Gasteiger partial charge on any atom is 0.132 e. The van der Waals surface area contributed by atoms with Crippen molar-refractivity contribution in [2.75, 3.05) is 18.0 Å². The fourth-order valence-electron chi connectivity index (χ4n) is 1.53. The first-order chi connectivity index (χ1) is 7.56. The minimum Gasteiger partial charge on any atom is -0.357 e. The van der Waals surface area contributed by atoms with E-state index in [1.807, 2.05) is 0 Å². The Morgan fingerprint density at radius 3 is 2.69 bits per heavy atom. The van der Waals surface area contributed by atoms with Crippen molar-refractivity contribution in [1.82, 2.24) is 4.98 Å². The standard InChI is InChI=1S/C12H16ClN3/c1-4-16(8-9(2)3)12-6-10(7-14)5-11(13)15-12/h5-6,9H,4,8H2,1-3H3. The summed E-state index contributed by atoms with van der Waals surface area (Å²) in [5.41, 5.74) is 0.553. The molecule has 0 aromatic carbocycles. The van der Waals surface area contributed by atoms with Crippen LogP contribution in [-0.2, 0) is 0 Å². The molecule has 0 atom stereocenters. The fraction of sp³-hybridized carbons (Fsp3) is 0.500. The normalized spacial score (nSPS) is 10.2. The summed E-state index contributed by atoms with van der Waals surface area (Å²) in [5, 5.41) is 9.24. The summed E-state index contributed by atoms with van der Waals surface area (Å²) in [7, 11) is 0. The van der Waals surface area contributed by atoms with Crippen molar-refractivity contribution in [3.63, 3.8) is 0 Å². The zero-order valence-electron chi connectivity index (χ0n) is 9.87. The van der Waals surface area contributed by atoms with Gasteiger partial charge in [0, 0.05) is 13.1 Å². The number of hydrogen-bond acceptors (Lipinski definition) is 3. The minimum atomic E-state index is 0.372. The second-order valence-corrected chi connectivity index (χ2v) is 4.47. The van der Waals surface area contributed by atoms with Gasteiger partial charge in [0.15, 0.2) is 0 Å². The molecule has 1 rings (SSSR count). The average molecular weight is 238 g/mol. The Hall–Kier alpha value is -1.27. The number of anilines is 1. The highest BCUT2D eigenvalue weighted by Gasteiger charge is 2.10. The molecule has 0 aliphatic heterocycles. The Labute approximate surface area is 102 Å². The lowest BCUT2D eigenvalue weighted by molar-refractivity contribution is 0.614. The largest absolute Gasteiger partial charge is 0.357 e. The van der Waals surface area contributed by atoms with Crippen LogP contribution in [0.4, 0.5) is 5.82 Å². The van der Waals surface area contributed by atoms with Gasteiger partial charge in [-0.2, -0.15) is 5.26 Å². The molecule has 0 fully saturated rings. The Morgan fingerprint density at radius 2 is 2.19 bits per heavy atom. The van der Waals surface area contributed by atoms with Crippen molar-refractivity contribution in [2.24, 2.45) is 5.92 Å². The molecule has 0 bridgehead atoms. The summed E-state index contributed by atoms with van der Waals surface area (Å²) in [5.74, 6) is 1.33. The van der Waals surface area contributed by atoms with E-state index in [-0.39, 0.29) is 0 Å². The SMILES string of the molecule is CCN(CC(C)C)c1cc(C#N)cc(Cl)n1. The molecular weight excluding hydrogens is 222 g/mol. The Morgan fingerprint density at radius 1 is 1.50 bits per heavy atom. The van der Waals surface area contributed by atoms with Crippen molar-refractivity contribution in [2.45, 2.75) is 20.8 Å². The molecule has 3 nitrogen and oxygen atoms in total. The number of pyridine rings is 1. The lowest BCUT2D eigenvalue weighted by Crippen LogP contribution is -2.28. The zero-order chi connectivity index (χ0) is 12.1. The average Bonchev–Trinajstić information content (AvgIpc) is 2.24. The van der Waals surface area contributed by atoms with E-state index in [1.165, 1.54) is 0 Å². The van der Waals surface area contributed by atoms with E-state index in [0.29, 0.717) is 16.6 Å². The van der Waals surface area contributed by atoms with Crippen molar-refractivity contribution in [1.29, 1.82) is 5.26 Å². The molecule has 1 aromatic heterocycles. The van der Waals surface area contributed by atoms with Gasteiger partial charge in [0.2, 0.25) is 0 Å². The van der Waals surface area contributed by atoms with Crippen molar-refractivity contribution >= 4 is 17.4 Å². The molecule has 0 saturated carbocycles. The lowest BCUT2D eigenvalue weighted by Gasteiger charge is -2.24. The topological polar surface area (TPSA) is 39.9 Å². The highest BCUT2D eigenvalue weighted by molar-refractivity contribution is 6.29. The first-order valence-corrected chi connectivity index (χ1v) is 5.77. The maximum absolute atomic E-state index is 8.87. The predicted molar refractivity (Wildman–Crippen MR) is 66.7 cm³/mol. The first-order valence-electron chi connectivity index (χ1n) is 5.39. The molecule has 0 amide bonds. The van der Waals surface area contributed by atoms with E-state index in [1.54, 1.807) is 12.1 Å². The Kier molecular flexibility index (Phi) is 4.57. The third-order valence-electron chi connectivity index (χ3n) is 2.20. The molecule has 0 unspecified atom stereocenters. The number of nitrogens with zero attached hydrogens (tertiary/aromatic N) is 3. The number of aromatic nitrogens is 1. The molecule has 1 aromatic rings. The van der Waals surface area contributed by atoms with Crippen LogP contribution in [0.25, 0.3) is 0 Å². The summed E-state index contributed by atoms with van der Waals surface area (Å²) >= 11 is 5.88. The molecule has 0 aliphatic carbocycles. The van der Waals surface area contributed by atoms with E-state index >= 15 is 0 Å². The van der Waals surface area contributed by atoms with Crippen molar-refractivity contribution < 1.29 is 0 Å². The van der Waals surface area contributed by atoms with Gasteiger partial charge < -0.3 is 4.90 Å². The molecule has 0 spiro atoms. The van der Waals surface area contributed by atoms with Gasteiger partial charge in [-0.05, 0) is 25.0 Å². The molecule has 0 N–H and O–H groups in total. The number of halogens is 1. The fourth-order valence-corrected chi connectivity index (χ4v) is 1.74. The summed E-state index contributed by atoms with van der Waals surface area (Å²) in [6, 6.07) is 5.44. The van der Waals surface area contributed by atoms with Crippen LogP contribution < -0.4 is 4.90 Å². The van der Waals surface area contributed by atoms with E-state index in [9.17, 15) is 0 Å². The maximum atomic E-state index is 8.87. The molecule has 0 aliphatic rings. The molecule has 86 valence electrons. The lowest BCUT2D eigenvalue weighted by atomic mass is 10.2.